The fraction of sp³-hybridized carbons (Fsp3) is 0.100. The number of hydrogen-bond acceptors (Lipinski definition) is 4. The van der Waals surface area contributed by atoms with Gasteiger partial charge in [-0.3, -0.25) is 14.7 Å². The van der Waals surface area contributed by atoms with Crippen molar-refractivity contribution in [3.05, 3.63) is 89.7 Å². The Morgan fingerprint density at radius 3 is 2.44 bits per heavy atom. The number of hydrogen-bond donors (Lipinski definition) is 1. The van der Waals surface area contributed by atoms with Gasteiger partial charge >= 0.3 is 0 Å². The number of methoxy groups -OCH3 is 1. The summed E-state index contributed by atoms with van der Waals surface area (Å²) >= 11 is 0. The molecule has 1 unspecified atom stereocenters. The minimum Gasteiger partial charge on any atom is -0.496 e. The van der Waals surface area contributed by atoms with E-state index in [2.05, 4.69) is 4.98 Å². The number of nitrogens with zero attached hydrogens (tertiary/aromatic N) is 2. The number of para-hydroxylation sites is 1. The van der Waals surface area contributed by atoms with Crippen molar-refractivity contribution in [2.45, 2.75) is 5.72 Å². The second-order valence-electron chi connectivity index (χ2n) is 5.75. The Labute approximate surface area is 145 Å². The number of pyridine rings is 1. The zero-order valence-electron chi connectivity index (χ0n) is 13.6. The normalized spacial score (nSPS) is 19.0. The van der Waals surface area contributed by atoms with Crippen LogP contribution in [0, 0.1) is 0 Å². The van der Waals surface area contributed by atoms with Crippen LogP contribution >= 0.6 is 0 Å². The zero-order valence-corrected chi connectivity index (χ0v) is 13.6. The maximum absolute atomic E-state index is 13.2. The van der Waals surface area contributed by atoms with Crippen molar-refractivity contribution in [3.63, 3.8) is 0 Å². The molecule has 0 saturated carbocycles. The lowest BCUT2D eigenvalue weighted by Gasteiger charge is -2.33. The van der Waals surface area contributed by atoms with Gasteiger partial charge in [0.1, 0.15) is 5.75 Å². The molecule has 1 N–H and O–H groups in total. The van der Waals surface area contributed by atoms with Crippen LogP contribution in [0.1, 0.15) is 21.6 Å². The van der Waals surface area contributed by atoms with Crippen LogP contribution in [0.25, 0.3) is 0 Å². The summed E-state index contributed by atoms with van der Waals surface area (Å²) in [5, 5.41) is 11.7. The molecule has 0 fully saturated rings. The van der Waals surface area contributed by atoms with Gasteiger partial charge in [0.05, 0.1) is 18.4 Å². The highest BCUT2D eigenvalue weighted by Crippen LogP contribution is 2.46. The predicted molar refractivity (Wildman–Crippen MR) is 93.5 cm³/mol. The lowest BCUT2D eigenvalue weighted by molar-refractivity contribution is 0.0677. The monoisotopic (exact) mass is 332 g/mol. The fourth-order valence-electron chi connectivity index (χ4n) is 3.29. The lowest BCUT2D eigenvalue weighted by Crippen LogP contribution is -2.45. The summed E-state index contributed by atoms with van der Waals surface area (Å²) < 4.78 is 5.36. The van der Waals surface area contributed by atoms with Crippen LogP contribution in [0.2, 0.25) is 0 Å². The van der Waals surface area contributed by atoms with Crippen molar-refractivity contribution in [3.8, 4) is 5.75 Å². The number of ether oxygens (including phenoxy) is 1. The van der Waals surface area contributed by atoms with Gasteiger partial charge in [-0.2, -0.15) is 0 Å². The minimum absolute atomic E-state index is 0.327. The Morgan fingerprint density at radius 1 is 1.00 bits per heavy atom. The van der Waals surface area contributed by atoms with E-state index in [9.17, 15) is 9.90 Å². The second kappa shape index (κ2) is 5.72. The average molecular weight is 332 g/mol. The maximum atomic E-state index is 13.2. The van der Waals surface area contributed by atoms with E-state index in [1.54, 1.807) is 54.7 Å². The van der Waals surface area contributed by atoms with E-state index in [4.69, 9.17) is 4.74 Å². The highest BCUT2D eigenvalue weighted by Gasteiger charge is 2.53. The molecule has 4 rings (SSSR count). The smallest absolute Gasteiger partial charge is 0.265 e. The molecule has 1 aromatic heterocycles. The largest absolute Gasteiger partial charge is 0.496 e. The molecule has 5 nitrogen and oxygen atoms in total. The van der Waals surface area contributed by atoms with E-state index in [0.29, 0.717) is 28.3 Å². The molecule has 3 aromatic rings. The Morgan fingerprint density at radius 2 is 1.76 bits per heavy atom. The SMILES string of the molecule is COc1cccc2c1C(=O)N(c1ccccc1)C2(O)c1ccccn1. The number of amides is 1. The molecule has 0 radical (unpaired) electrons. The Kier molecular flexibility index (Phi) is 3.51. The number of carbonyl (C=O) groups is 1. The summed E-state index contributed by atoms with van der Waals surface area (Å²) in [6.07, 6.45) is 1.60. The first-order valence-electron chi connectivity index (χ1n) is 7.89. The number of anilines is 1. The molecular weight excluding hydrogens is 316 g/mol. The summed E-state index contributed by atoms with van der Waals surface area (Å²) in [5.74, 6) is 0.0992. The van der Waals surface area contributed by atoms with Crippen molar-refractivity contribution >= 4 is 11.6 Å². The third kappa shape index (κ3) is 2.13. The molecule has 124 valence electrons. The summed E-state index contributed by atoms with van der Waals surface area (Å²) in [5.41, 5.74) is 0.0587. The van der Waals surface area contributed by atoms with Gasteiger partial charge in [-0.05, 0) is 30.3 Å². The Hall–Kier alpha value is -3.18. The van der Waals surface area contributed by atoms with Crippen LogP contribution in [0.4, 0.5) is 5.69 Å². The lowest BCUT2D eigenvalue weighted by atomic mass is 9.97. The van der Waals surface area contributed by atoms with Crippen LogP contribution in [-0.4, -0.2) is 23.1 Å². The molecular formula is C20H16N2O3. The highest BCUT2D eigenvalue weighted by atomic mass is 16.5. The van der Waals surface area contributed by atoms with E-state index >= 15 is 0 Å². The Balaban J connectivity index is 2.03. The van der Waals surface area contributed by atoms with Crippen molar-refractivity contribution in [1.29, 1.82) is 0 Å². The highest BCUT2D eigenvalue weighted by molar-refractivity contribution is 6.14. The third-order valence-electron chi connectivity index (χ3n) is 4.40. The van der Waals surface area contributed by atoms with Crippen LogP contribution in [0.3, 0.4) is 0 Å². The summed E-state index contributed by atoms with van der Waals surface area (Å²) in [6, 6.07) is 19.5. The molecule has 2 aromatic carbocycles. The number of rotatable bonds is 3. The summed E-state index contributed by atoms with van der Waals surface area (Å²) in [4.78, 5) is 18.9. The molecule has 5 heteroatoms. The van der Waals surface area contributed by atoms with E-state index in [1.165, 1.54) is 12.0 Å². The van der Waals surface area contributed by atoms with Gasteiger partial charge in [0.15, 0.2) is 0 Å². The number of aromatic nitrogens is 1. The van der Waals surface area contributed by atoms with Crippen LogP contribution < -0.4 is 9.64 Å². The van der Waals surface area contributed by atoms with Gasteiger partial charge in [0.2, 0.25) is 5.72 Å². The van der Waals surface area contributed by atoms with Crippen LogP contribution in [0.5, 0.6) is 5.75 Å². The van der Waals surface area contributed by atoms with Gasteiger partial charge < -0.3 is 9.84 Å². The molecule has 0 saturated heterocycles. The number of aliphatic hydroxyl groups is 1. The van der Waals surface area contributed by atoms with E-state index in [0.717, 1.165) is 0 Å². The topological polar surface area (TPSA) is 62.7 Å². The molecule has 1 aliphatic heterocycles. The van der Waals surface area contributed by atoms with Gasteiger partial charge in [0, 0.05) is 17.4 Å². The maximum Gasteiger partial charge on any atom is 0.265 e. The zero-order chi connectivity index (χ0) is 17.4. The van der Waals surface area contributed by atoms with Gasteiger partial charge in [-0.25, -0.2) is 0 Å². The van der Waals surface area contributed by atoms with Gasteiger partial charge in [-0.15, -0.1) is 0 Å². The fourth-order valence-corrected chi connectivity index (χ4v) is 3.29. The number of fused-ring (bicyclic) bond motifs is 1. The summed E-state index contributed by atoms with van der Waals surface area (Å²) in [7, 11) is 1.51. The first kappa shape index (κ1) is 15.4. The average Bonchev–Trinajstić information content (AvgIpc) is 2.91. The molecule has 1 aliphatic rings. The quantitative estimate of drug-likeness (QED) is 0.801. The van der Waals surface area contributed by atoms with Crippen molar-refractivity contribution in [1.82, 2.24) is 4.98 Å². The van der Waals surface area contributed by atoms with Gasteiger partial charge in [-0.1, -0.05) is 36.4 Å². The van der Waals surface area contributed by atoms with Crippen LogP contribution in [-0.2, 0) is 5.72 Å². The number of carbonyl (C=O) groups excluding carboxylic acids is 1. The molecule has 0 spiro atoms. The van der Waals surface area contributed by atoms with Crippen molar-refractivity contribution in [2.75, 3.05) is 12.0 Å². The molecule has 25 heavy (non-hydrogen) atoms. The van der Waals surface area contributed by atoms with E-state index < -0.39 is 5.72 Å². The summed E-state index contributed by atoms with van der Waals surface area (Å²) in [6.45, 7) is 0. The molecule has 1 atom stereocenters. The molecule has 0 bridgehead atoms. The third-order valence-corrected chi connectivity index (χ3v) is 4.40. The standard InChI is InChI=1S/C20H16N2O3/c1-25-16-11-7-10-15-18(16)19(23)22(14-8-3-2-4-9-14)20(15,24)17-12-5-6-13-21-17/h2-13,24H,1H3. The first-order valence-corrected chi connectivity index (χ1v) is 7.89. The van der Waals surface area contributed by atoms with E-state index in [-0.39, 0.29) is 5.91 Å². The molecule has 0 aliphatic carbocycles. The number of benzene rings is 2. The van der Waals surface area contributed by atoms with E-state index in [1.807, 2.05) is 18.2 Å². The second-order valence-corrected chi connectivity index (χ2v) is 5.75. The molecule has 2 heterocycles. The van der Waals surface area contributed by atoms with Crippen molar-refractivity contribution in [2.24, 2.45) is 0 Å². The van der Waals surface area contributed by atoms with Crippen LogP contribution in [0.15, 0.2) is 72.9 Å². The van der Waals surface area contributed by atoms with Crippen molar-refractivity contribution < 1.29 is 14.6 Å². The van der Waals surface area contributed by atoms with Gasteiger partial charge in [0.25, 0.3) is 5.91 Å². The Bertz CT molecular complexity index is 928. The first-order chi connectivity index (χ1) is 12.2. The minimum atomic E-state index is -1.70. The predicted octanol–water partition coefficient (Wildman–Crippen LogP) is 2.94. The molecule has 1 amide bonds.